The molecule has 5 amide bonds. The topological polar surface area (TPSA) is 253 Å². The summed E-state index contributed by atoms with van der Waals surface area (Å²) < 4.78 is 0. The first kappa shape index (κ1) is 27.8. The standard InChI is InChI=1S/C22H29N7O7/c1-10(27-20(33)13(23)7-17(24)30)19(32)28-15(8-18(25)31)21(34)29-16(22(35)36)6-11-9-26-14-5-3-2-4-12(11)14/h2-5,9-10,13,15-16,26H,6-8,23H2,1H3,(H2,24,30)(H2,25,31)(H,27,33)(H,28,32)(H,29,34)(H,35,36). The van der Waals surface area contributed by atoms with Gasteiger partial charge in [0.25, 0.3) is 0 Å². The second-order valence-corrected chi connectivity index (χ2v) is 8.20. The van der Waals surface area contributed by atoms with Gasteiger partial charge in [-0.15, -0.1) is 0 Å². The maximum Gasteiger partial charge on any atom is 0.326 e. The van der Waals surface area contributed by atoms with Crippen molar-refractivity contribution in [1.82, 2.24) is 20.9 Å². The van der Waals surface area contributed by atoms with Crippen LogP contribution < -0.4 is 33.2 Å². The van der Waals surface area contributed by atoms with E-state index in [2.05, 4.69) is 20.9 Å². The summed E-state index contributed by atoms with van der Waals surface area (Å²) in [4.78, 5) is 74.6. The predicted octanol–water partition coefficient (Wildman–Crippen LogP) is -2.65. The van der Waals surface area contributed by atoms with Crippen molar-refractivity contribution in [2.24, 2.45) is 17.2 Å². The van der Waals surface area contributed by atoms with Gasteiger partial charge in [-0.25, -0.2) is 4.79 Å². The van der Waals surface area contributed by atoms with Crippen LogP contribution in [0.1, 0.15) is 25.3 Å². The summed E-state index contributed by atoms with van der Waals surface area (Å²) in [6.45, 7) is 1.28. The predicted molar refractivity (Wildman–Crippen MR) is 127 cm³/mol. The van der Waals surface area contributed by atoms with Crippen molar-refractivity contribution < 1.29 is 33.9 Å². The Morgan fingerprint density at radius 3 is 2.11 bits per heavy atom. The van der Waals surface area contributed by atoms with Gasteiger partial charge in [-0.2, -0.15) is 0 Å². The molecule has 2 aromatic rings. The monoisotopic (exact) mass is 503 g/mol. The van der Waals surface area contributed by atoms with Gasteiger partial charge in [0, 0.05) is 23.5 Å². The number of aromatic amines is 1. The molecule has 0 radical (unpaired) electrons. The van der Waals surface area contributed by atoms with Crippen LogP contribution in [0.15, 0.2) is 30.5 Å². The van der Waals surface area contributed by atoms with Crippen molar-refractivity contribution in [2.45, 2.75) is 50.4 Å². The molecule has 2 rings (SSSR count). The van der Waals surface area contributed by atoms with Crippen LogP contribution in [0.4, 0.5) is 0 Å². The highest BCUT2D eigenvalue weighted by Gasteiger charge is 2.30. The van der Waals surface area contributed by atoms with Crippen LogP contribution in [0.25, 0.3) is 10.9 Å². The number of aliphatic carboxylic acids is 1. The van der Waals surface area contributed by atoms with Crippen LogP contribution in [0.5, 0.6) is 0 Å². The molecule has 1 heterocycles. The van der Waals surface area contributed by atoms with E-state index in [9.17, 15) is 33.9 Å². The molecule has 194 valence electrons. The van der Waals surface area contributed by atoms with Crippen LogP contribution in [-0.2, 0) is 35.2 Å². The molecule has 4 unspecified atom stereocenters. The zero-order chi connectivity index (χ0) is 27.0. The summed E-state index contributed by atoms with van der Waals surface area (Å²) in [6, 6.07) is 1.80. The van der Waals surface area contributed by atoms with Crippen LogP contribution in [-0.4, -0.2) is 69.8 Å². The Bertz CT molecular complexity index is 1160. The minimum Gasteiger partial charge on any atom is -0.480 e. The van der Waals surface area contributed by atoms with Crippen LogP contribution in [0.3, 0.4) is 0 Å². The quantitative estimate of drug-likeness (QED) is 0.143. The highest BCUT2D eigenvalue weighted by atomic mass is 16.4. The van der Waals surface area contributed by atoms with E-state index in [0.29, 0.717) is 5.56 Å². The minimum absolute atomic E-state index is 0.0768. The summed E-state index contributed by atoms with van der Waals surface area (Å²) in [5.41, 5.74) is 17.1. The van der Waals surface area contributed by atoms with E-state index < -0.39 is 72.5 Å². The number of hydrogen-bond acceptors (Lipinski definition) is 7. The number of carboxylic acid groups (broad SMARTS) is 1. The Balaban J connectivity index is 2.09. The van der Waals surface area contributed by atoms with Crippen molar-refractivity contribution in [1.29, 1.82) is 0 Å². The third kappa shape index (κ3) is 7.80. The number of nitrogens with two attached hydrogens (primary N) is 3. The number of carbonyl (C=O) groups excluding carboxylic acids is 5. The van der Waals surface area contributed by atoms with Crippen molar-refractivity contribution >= 4 is 46.4 Å². The molecular formula is C22H29N7O7. The fraction of sp³-hybridized carbons (Fsp3) is 0.364. The van der Waals surface area contributed by atoms with Crippen molar-refractivity contribution in [3.8, 4) is 0 Å². The molecule has 0 saturated carbocycles. The Morgan fingerprint density at radius 2 is 1.50 bits per heavy atom. The zero-order valence-corrected chi connectivity index (χ0v) is 19.4. The lowest BCUT2D eigenvalue weighted by molar-refractivity contribution is -0.142. The maximum absolute atomic E-state index is 12.8. The van der Waals surface area contributed by atoms with Gasteiger partial charge in [-0.3, -0.25) is 24.0 Å². The molecule has 4 atom stereocenters. The SMILES string of the molecule is CC(NC(=O)C(N)CC(N)=O)C(=O)NC(CC(N)=O)C(=O)NC(Cc1c[nH]c2ccccc12)C(=O)O. The van der Waals surface area contributed by atoms with Crippen molar-refractivity contribution in [3.63, 3.8) is 0 Å². The van der Waals surface area contributed by atoms with Gasteiger partial charge in [0.1, 0.15) is 18.1 Å². The lowest BCUT2D eigenvalue weighted by Crippen LogP contribution is -2.57. The molecule has 1 aromatic carbocycles. The highest BCUT2D eigenvalue weighted by Crippen LogP contribution is 2.19. The molecule has 0 bridgehead atoms. The number of H-pyrrole nitrogens is 1. The summed E-state index contributed by atoms with van der Waals surface area (Å²) in [5.74, 6) is -5.75. The van der Waals surface area contributed by atoms with Gasteiger partial charge in [0.05, 0.1) is 18.9 Å². The molecule has 0 aliphatic rings. The van der Waals surface area contributed by atoms with E-state index in [0.717, 1.165) is 10.9 Å². The number of carboxylic acids is 1. The fourth-order valence-corrected chi connectivity index (χ4v) is 3.40. The second kappa shape index (κ2) is 12.3. The van der Waals surface area contributed by atoms with E-state index in [1.54, 1.807) is 18.3 Å². The fourth-order valence-electron chi connectivity index (χ4n) is 3.40. The van der Waals surface area contributed by atoms with E-state index in [-0.39, 0.29) is 6.42 Å². The molecule has 1 aromatic heterocycles. The number of nitrogens with one attached hydrogen (secondary N) is 4. The normalized spacial score (nSPS) is 14.2. The Morgan fingerprint density at radius 1 is 0.889 bits per heavy atom. The first-order valence-corrected chi connectivity index (χ1v) is 10.9. The summed E-state index contributed by atoms with van der Waals surface area (Å²) >= 11 is 0. The third-order valence-corrected chi connectivity index (χ3v) is 5.26. The molecule has 11 N–H and O–H groups in total. The van der Waals surface area contributed by atoms with Gasteiger partial charge >= 0.3 is 5.97 Å². The average Bonchev–Trinajstić information content (AvgIpc) is 3.19. The zero-order valence-electron chi connectivity index (χ0n) is 19.4. The van der Waals surface area contributed by atoms with E-state index in [4.69, 9.17) is 17.2 Å². The molecule has 0 saturated heterocycles. The number of amides is 5. The third-order valence-electron chi connectivity index (χ3n) is 5.26. The largest absolute Gasteiger partial charge is 0.480 e. The molecule has 14 nitrogen and oxygen atoms in total. The highest BCUT2D eigenvalue weighted by molar-refractivity contribution is 5.96. The Hall–Kier alpha value is -4.46. The number of primary amides is 2. The van der Waals surface area contributed by atoms with E-state index >= 15 is 0 Å². The van der Waals surface area contributed by atoms with Gasteiger partial charge in [-0.1, -0.05) is 18.2 Å². The number of hydrogen-bond donors (Lipinski definition) is 8. The first-order chi connectivity index (χ1) is 16.9. The van der Waals surface area contributed by atoms with Crippen LogP contribution >= 0.6 is 0 Å². The van der Waals surface area contributed by atoms with Crippen LogP contribution in [0.2, 0.25) is 0 Å². The lowest BCUT2D eigenvalue weighted by Gasteiger charge is -2.23. The molecule has 0 fully saturated rings. The van der Waals surface area contributed by atoms with Crippen LogP contribution in [0, 0.1) is 0 Å². The second-order valence-electron chi connectivity index (χ2n) is 8.20. The summed E-state index contributed by atoms with van der Waals surface area (Å²) in [7, 11) is 0. The Labute approximate surface area is 205 Å². The molecule has 0 aliphatic carbocycles. The smallest absolute Gasteiger partial charge is 0.326 e. The van der Waals surface area contributed by atoms with Gasteiger partial charge < -0.3 is 43.2 Å². The molecule has 0 aliphatic heterocycles. The first-order valence-electron chi connectivity index (χ1n) is 10.9. The number of aromatic nitrogens is 1. The lowest BCUT2D eigenvalue weighted by atomic mass is 10.0. The Kier molecular flexibility index (Phi) is 9.50. The van der Waals surface area contributed by atoms with Gasteiger partial charge in [0.2, 0.25) is 29.5 Å². The molecule has 14 heteroatoms. The summed E-state index contributed by atoms with van der Waals surface area (Å²) in [6.07, 6.45) is 0.480. The number of carbonyl (C=O) groups is 6. The van der Waals surface area contributed by atoms with Crippen molar-refractivity contribution in [3.05, 3.63) is 36.0 Å². The summed E-state index contributed by atoms with van der Waals surface area (Å²) in [5, 5.41) is 17.3. The number of para-hydroxylation sites is 1. The number of benzene rings is 1. The number of fused-ring (bicyclic) bond motifs is 1. The molecule has 0 spiro atoms. The maximum atomic E-state index is 12.8. The average molecular weight is 504 g/mol. The van der Waals surface area contributed by atoms with Gasteiger partial charge in [0.15, 0.2) is 0 Å². The van der Waals surface area contributed by atoms with Crippen molar-refractivity contribution in [2.75, 3.05) is 0 Å². The molecular weight excluding hydrogens is 474 g/mol. The number of rotatable bonds is 13. The minimum atomic E-state index is -1.52. The van der Waals surface area contributed by atoms with E-state index in [1.807, 2.05) is 12.1 Å². The van der Waals surface area contributed by atoms with E-state index in [1.165, 1.54) is 6.92 Å². The van der Waals surface area contributed by atoms with Gasteiger partial charge in [-0.05, 0) is 18.6 Å². The molecule has 36 heavy (non-hydrogen) atoms.